The van der Waals surface area contributed by atoms with E-state index in [9.17, 15) is 9.59 Å². The molecule has 2 saturated heterocycles. The average molecular weight is 472 g/mol. The highest BCUT2D eigenvalue weighted by atomic mass is 32.2. The Morgan fingerprint density at radius 3 is 2.78 bits per heavy atom. The van der Waals surface area contributed by atoms with Crippen molar-refractivity contribution in [3.8, 4) is 0 Å². The number of aliphatic imine (C=N–C) groups is 1. The third kappa shape index (κ3) is 3.59. The number of piperidine rings is 1. The number of guanidine groups is 1. The summed E-state index contributed by atoms with van der Waals surface area (Å²) in [5.74, 6) is 1.93. The lowest BCUT2D eigenvalue weighted by atomic mass is 10.0. The van der Waals surface area contributed by atoms with Gasteiger partial charge in [0.25, 0.3) is 5.91 Å². The smallest absolute Gasteiger partial charge is 0.270 e. The molecule has 1 aromatic carbocycles. The monoisotopic (exact) mass is 471 g/mol. The topological polar surface area (TPSA) is 72.1 Å². The van der Waals surface area contributed by atoms with Gasteiger partial charge in [-0.25, -0.2) is 14.4 Å². The number of carbonyl (C=O) groups is 2. The van der Waals surface area contributed by atoms with Gasteiger partial charge in [-0.15, -0.1) is 11.3 Å². The van der Waals surface area contributed by atoms with E-state index in [2.05, 4.69) is 22.5 Å². The molecule has 3 amide bonds. The summed E-state index contributed by atoms with van der Waals surface area (Å²) in [6.45, 7) is 3.78. The Morgan fingerprint density at radius 1 is 1.19 bits per heavy atom. The van der Waals surface area contributed by atoms with E-state index in [0.717, 1.165) is 41.0 Å². The number of fused-ring (bicyclic) bond motifs is 2. The fraction of sp³-hybridized carbons (Fsp3) is 0.500. The molecule has 2 unspecified atom stereocenters. The van der Waals surface area contributed by atoms with Gasteiger partial charge < -0.3 is 0 Å². The van der Waals surface area contributed by atoms with Crippen LogP contribution in [0.4, 0.5) is 4.79 Å². The van der Waals surface area contributed by atoms with Crippen LogP contribution in [-0.2, 0) is 4.79 Å². The zero-order valence-electron chi connectivity index (χ0n) is 18.5. The molecule has 5 rings (SSSR count). The fourth-order valence-electron chi connectivity index (χ4n) is 4.58. The van der Waals surface area contributed by atoms with Crippen molar-refractivity contribution in [1.82, 2.24) is 19.7 Å². The molecule has 4 heterocycles. The molecular formula is C22H27N6O2S2+. The van der Waals surface area contributed by atoms with Crippen molar-refractivity contribution in [1.29, 1.82) is 0 Å². The Balaban J connectivity index is 1.42. The molecule has 0 saturated carbocycles. The van der Waals surface area contributed by atoms with E-state index in [1.165, 1.54) is 20.9 Å². The van der Waals surface area contributed by atoms with Crippen LogP contribution in [0.2, 0.25) is 0 Å². The van der Waals surface area contributed by atoms with Crippen molar-refractivity contribution in [2.45, 2.75) is 42.6 Å². The van der Waals surface area contributed by atoms with Crippen LogP contribution < -0.4 is 0 Å². The summed E-state index contributed by atoms with van der Waals surface area (Å²) in [5, 5.41) is 0. The summed E-state index contributed by atoms with van der Waals surface area (Å²) in [6, 6.07) is 7.63. The lowest BCUT2D eigenvalue weighted by Crippen LogP contribution is -2.61. The van der Waals surface area contributed by atoms with Crippen molar-refractivity contribution in [3.05, 3.63) is 24.3 Å². The van der Waals surface area contributed by atoms with E-state index in [-0.39, 0.29) is 11.9 Å². The molecule has 3 aliphatic rings. The summed E-state index contributed by atoms with van der Waals surface area (Å²) in [4.78, 5) is 40.3. The SMILES string of the molecule is CC1CCCCN1C1=[N+](CCSc2nc3ccccc3s2)C2C(=O)N(C)C(=O)N(C)C2=N1. The molecule has 3 aliphatic heterocycles. The Labute approximate surface area is 195 Å². The van der Waals surface area contributed by atoms with E-state index in [1.54, 1.807) is 37.2 Å². The van der Waals surface area contributed by atoms with Crippen molar-refractivity contribution >= 4 is 57.0 Å². The van der Waals surface area contributed by atoms with E-state index >= 15 is 0 Å². The van der Waals surface area contributed by atoms with Gasteiger partial charge >= 0.3 is 12.0 Å². The molecule has 0 aliphatic carbocycles. The highest BCUT2D eigenvalue weighted by molar-refractivity contribution is 8.01. The first kappa shape index (κ1) is 21.4. The summed E-state index contributed by atoms with van der Waals surface area (Å²) in [5.41, 5.74) is 1.02. The number of carbonyl (C=O) groups excluding carboxylic acids is 2. The van der Waals surface area contributed by atoms with Crippen molar-refractivity contribution < 1.29 is 14.2 Å². The summed E-state index contributed by atoms with van der Waals surface area (Å²) in [7, 11) is 3.25. The van der Waals surface area contributed by atoms with Crippen molar-refractivity contribution in [2.75, 3.05) is 32.9 Å². The number of hydrogen-bond donors (Lipinski definition) is 0. The maximum absolute atomic E-state index is 13.1. The number of nitrogens with zero attached hydrogens (tertiary/aromatic N) is 6. The average Bonchev–Trinajstić information content (AvgIpc) is 3.38. The largest absolute Gasteiger partial charge is 0.392 e. The molecule has 0 N–H and O–H groups in total. The second kappa shape index (κ2) is 8.47. The van der Waals surface area contributed by atoms with E-state index in [4.69, 9.17) is 9.98 Å². The van der Waals surface area contributed by atoms with Gasteiger partial charge in [-0.05, 0) is 38.3 Å². The number of aromatic nitrogens is 1. The minimum absolute atomic E-state index is 0.212. The van der Waals surface area contributed by atoms with Crippen LogP contribution >= 0.6 is 23.1 Å². The fourth-order valence-corrected chi connectivity index (χ4v) is 6.66. The standard InChI is InChI=1S/C22H27N6O2S2/c1-14-8-6-7-11-27(14)20-24-18-17(19(29)26(3)22(30)25(18)2)28(20)12-13-31-21-23-15-9-4-5-10-16(15)32-21/h4-5,9-10,14,17H,6-8,11-13H2,1-3H3/q+1. The quantitative estimate of drug-likeness (QED) is 0.507. The Hall–Kier alpha value is -2.46. The van der Waals surface area contributed by atoms with Gasteiger partial charge in [0.15, 0.2) is 4.34 Å². The van der Waals surface area contributed by atoms with Crippen LogP contribution in [0.5, 0.6) is 0 Å². The summed E-state index contributed by atoms with van der Waals surface area (Å²) >= 11 is 3.40. The highest BCUT2D eigenvalue weighted by Crippen LogP contribution is 2.30. The molecule has 2 atom stereocenters. The van der Waals surface area contributed by atoms with E-state index in [0.29, 0.717) is 18.4 Å². The first-order chi connectivity index (χ1) is 15.5. The maximum Gasteiger partial charge on any atom is 0.392 e. The second-order valence-electron chi connectivity index (χ2n) is 8.44. The minimum atomic E-state index is -0.553. The number of imide groups is 1. The van der Waals surface area contributed by atoms with Gasteiger partial charge in [-0.3, -0.25) is 19.5 Å². The molecule has 168 valence electrons. The molecule has 2 aromatic rings. The minimum Gasteiger partial charge on any atom is -0.270 e. The number of thiazole rings is 1. The first-order valence-corrected chi connectivity index (χ1v) is 12.8. The number of thioether (sulfide) groups is 1. The molecule has 8 nitrogen and oxygen atoms in total. The van der Waals surface area contributed by atoms with Gasteiger partial charge in [-0.1, -0.05) is 28.9 Å². The van der Waals surface area contributed by atoms with Gasteiger partial charge in [0.2, 0.25) is 11.9 Å². The number of amides is 3. The highest BCUT2D eigenvalue weighted by Gasteiger charge is 2.52. The number of hydrogen-bond acceptors (Lipinski definition) is 7. The second-order valence-corrected chi connectivity index (χ2v) is 10.8. The van der Waals surface area contributed by atoms with Gasteiger partial charge in [0.1, 0.15) is 0 Å². The number of rotatable bonds is 4. The van der Waals surface area contributed by atoms with E-state index < -0.39 is 6.04 Å². The molecule has 0 radical (unpaired) electrons. The Kier molecular flexibility index (Phi) is 5.66. The van der Waals surface area contributed by atoms with Crippen molar-refractivity contribution in [3.63, 3.8) is 0 Å². The zero-order chi connectivity index (χ0) is 22.4. The van der Waals surface area contributed by atoms with Crippen LogP contribution in [0.25, 0.3) is 10.2 Å². The number of para-hydroxylation sites is 1. The summed E-state index contributed by atoms with van der Waals surface area (Å²) < 4.78 is 4.30. The van der Waals surface area contributed by atoms with Crippen LogP contribution in [0.3, 0.4) is 0 Å². The Bertz CT molecular complexity index is 1110. The molecular weight excluding hydrogens is 444 g/mol. The Morgan fingerprint density at radius 2 is 2.00 bits per heavy atom. The van der Waals surface area contributed by atoms with Gasteiger partial charge in [-0.2, -0.15) is 0 Å². The van der Waals surface area contributed by atoms with Gasteiger partial charge in [0, 0.05) is 19.8 Å². The van der Waals surface area contributed by atoms with Crippen molar-refractivity contribution in [2.24, 2.45) is 4.99 Å². The number of urea groups is 1. The molecule has 32 heavy (non-hydrogen) atoms. The zero-order valence-corrected chi connectivity index (χ0v) is 20.2. The van der Waals surface area contributed by atoms with Crippen LogP contribution in [-0.4, -0.2) is 93.0 Å². The number of benzene rings is 1. The molecule has 2 fully saturated rings. The van der Waals surface area contributed by atoms with Gasteiger partial charge in [0.05, 0.1) is 29.3 Å². The molecule has 1 aromatic heterocycles. The lowest BCUT2D eigenvalue weighted by Gasteiger charge is -2.32. The van der Waals surface area contributed by atoms with E-state index in [1.807, 2.05) is 18.2 Å². The lowest BCUT2D eigenvalue weighted by molar-refractivity contribution is -0.535. The third-order valence-corrected chi connectivity index (χ3v) is 8.56. The molecule has 0 bridgehead atoms. The summed E-state index contributed by atoms with van der Waals surface area (Å²) in [6.07, 6.45) is 3.43. The maximum atomic E-state index is 13.1. The first-order valence-electron chi connectivity index (χ1n) is 11.0. The molecule has 10 heteroatoms. The third-order valence-electron chi connectivity index (χ3n) is 6.40. The van der Waals surface area contributed by atoms with Crippen LogP contribution in [0, 0.1) is 0 Å². The predicted molar refractivity (Wildman–Crippen MR) is 128 cm³/mol. The number of amidine groups is 1. The van der Waals surface area contributed by atoms with Crippen LogP contribution in [0.1, 0.15) is 26.2 Å². The predicted octanol–water partition coefficient (Wildman–Crippen LogP) is 2.94. The normalized spacial score (nSPS) is 24.0. The van der Waals surface area contributed by atoms with Crippen LogP contribution in [0.15, 0.2) is 33.6 Å². The number of likely N-dealkylation sites (N-methyl/N-ethyl adjacent to an activating group) is 2. The number of likely N-dealkylation sites (tertiary alicyclic amines) is 1. The molecule has 0 spiro atoms.